The number of fused-ring (bicyclic) bond motifs is 1. The van der Waals surface area contributed by atoms with E-state index in [1.165, 1.54) is 7.11 Å². The van der Waals surface area contributed by atoms with Crippen molar-refractivity contribution in [3.8, 4) is 0 Å². The highest BCUT2D eigenvalue weighted by atomic mass is 16.5. The normalized spacial score (nSPS) is 10.4. The van der Waals surface area contributed by atoms with Gasteiger partial charge in [-0.2, -0.15) is 0 Å². The van der Waals surface area contributed by atoms with Crippen LogP contribution in [0.2, 0.25) is 0 Å². The van der Waals surface area contributed by atoms with E-state index in [1.54, 1.807) is 0 Å². The summed E-state index contributed by atoms with van der Waals surface area (Å²) in [4.78, 5) is 14.6. The van der Waals surface area contributed by atoms with E-state index in [9.17, 15) is 4.79 Å². The van der Waals surface area contributed by atoms with Crippen LogP contribution in [0.5, 0.6) is 0 Å². The van der Waals surface area contributed by atoms with Gasteiger partial charge in [-0.25, -0.2) is 4.79 Å². The molecule has 1 N–H and O–H groups in total. The molecule has 1 heterocycles. The lowest BCUT2D eigenvalue weighted by molar-refractivity contribution is 0.0602. The number of aromatic nitrogens is 1. The molecule has 0 unspecified atom stereocenters. The molecule has 0 aliphatic rings. The Labute approximate surface area is 81.7 Å². The van der Waals surface area contributed by atoms with E-state index in [0.29, 0.717) is 5.56 Å². The van der Waals surface area contributed by atoms with Gasteiger partial charge in [0.25, 0.3) is 0 Å². The second-order valence-electron chi connectivity index (χ2n) is 3.19. The fourth-order valence-corrected chi connectivity index (χ4v) is 1.62. The summed E-state index contributed by atoms with van der Waals surface area (Å²) in [5.41, 5.74) is 2.53. The lowest BCUT2D eigenvalue weighted by Gasteiger charge is -2.04. The topological polar surface area (TPSA) is 42.1 Å². The number of aryl methyl sites for hydroxylation is 1. The third kappa shape index (κ3) is 1.18. The maximum Gasteiger partial charge on any atom is 0.338 e. The molecule has 0 spiro atoms. The van der Waals surface area contributed by atoms with Gasteiger partial charge in [0, 0.05) is 17.1 Å². The molecule has 1 aromatic carbocycles. The van der Waals surface area contributed by atoms with Crippen molar-refractivity contribution in [1.29, 1.82) is 0 Å². The van der Waals surface area contributed by atoms with Crippen LogP contribution in [0.3, 0.4) is 0 Å². The smallest absolute Gasteiger partial charge is 0.338 e. The molecular formula is C11H11NO2. The summed E-state index contributed by atoms with van der Waals surface area (Å²) >= 11 is 0. The molecular weight excluding hydrogens is 178 g/mol. The highest BCUT2D eigenvalue weighted by Crippen LogP contribution is 2.21. The Morgan fingerprint density at radius 2 is 2.14 bits per heavy atom. The first-order valence-corrected chi connectivity index (χ1v) is 4.39. The molecule has 0 amide bonds. The fourth-order valence-electron chi connectivity index (χ4n) is 1.62. The summed E-state index contributed by atoms with van der Waals surface area (Å²) in [6, 6.07) is 5.75. The Hall–Kier alpha value is -1.77. The Balaban J connectivity index is 2.76. The van der Waals surface area contributed by atoms with Gasteiger partial charge in [0.1, 0.15) is 0 Å². The molecule has 3 heteroatoms. The predicted octanol–water partition coefficient (Wildman–Crippen LogP) is 2.26. The average Bonchev–Trinajstić information content (AvgIpc) is 2.64. The zero-order valence-corrected chi connectivity index (χ0v) is 8.13. The summed E-state index contributed by atoms with van der Waals surface area (Å²) in [5, 5.41) is 0.914. The van der Waals surface area contributed by atoms with E-state index in [1.807, 2.05) is 31.3 Å². The van der Waals surface area contributed by atoms with Crippen LogP contribution in [-0.4, -0.2) is 18.1 Å². The van der Waals surface area contributed by atoms with Gasteiger partial charge in [-0.05, 0) is 24.6 Å². The molecule has 0 saturated heterocycles. The Bertz CT molecular complexity index is 485. The first-order valence-electron chi connectivity index (χ1n) is 4.39. The number of esters is 1. The zero-order chi connectivity index (χ0) is 10.1. The zero-order valence-electron chi connectivity index (χ0n) is 8.13. The number of aromatic amines is 1. The van der Waals surface area contributed by atoms with Crippen molar-refractivity contribution in [2.75, 3.05) is 7.11 Å². The van der Waals surface area contributed by atoms with E-state index in [-0.39, 0.29) is 5.97 Å². The minimum absolute atomic E-state index is 0.285. The maximum atomic E-state index is 11.5. The Kier molecular flexibility index (Phi) is 2.00. The maximum absolute atomic E-state index is 11.5. The molecule has 0 fully saturated rings. The monoisotopic (exact) mass is 189 g/mol. The van der Waals surface area contributed by atoms with E-state index in [4.69, 9.17) is 4.74 Å². The van der Waals surface area contributed by atoms with Gasteiger partial charge in [-0.3, -0.25) is 0 Å². The van der Waals surface area contributed by atoms with Crippen LogP contribution in [0, 0.1) is 6.92 Å². The van der Waals surface area contributed by atoms with Gasteiger partial charge < -0.3 is 9.72 Å². The molecule has 2 rings (SSSR count). The van der Waals surface area contributed by atoms with Crippen molar-refractivity contribution in [2.24, 2.45) is 0 Å². The van der Waals surface area contributed by atoms with Crippen molar-refractivity contribution in [1.82, 2.24) is 4.98 Å². The van der Waals surface area contributed by atoms with Crippen LogP contribution in [0.1, 0.15) is 15.9 Å². The van der Waals surface area contributed by atoms with Gasteiger partial charge in [-0.1, -0.05) is 6.07 Å². The number of H-pyrrole nitrogens is 1. The number of benzene rings is 1. The number of ether oxygens (including phenoxy) is 1. The summed E-state index contributed by atoms with van der Waals surface area (Å²) in [7, 11) is 1.40. The molecule has 72 valence electrons. The SMILES string of the molecule is COC(=O)c1c(C)ccc2[nH]ccc12. The molecule has 0 bridgehead atoms. The molecule has 14 heavy (non-hydrogen) atoms. The molecule has 1 aromatic heterocycles. The summed E-state index contributed by atoms with van der Waals surface area (Å²) in [6.07, 6.45) is 1.82. The van der Waals surface area contributed by atoms with Crippen LogP contribution < -0.4 is 0 Å². The van der Waals surface area contributed by atoms with E-state index in [0.717, 1.165) is 16.5 Å². The highest BCUT2D eigenvalue weighted by Gasteiger charge is 2.13. The van der Waals surface area contributed by atoms with Crippen LogP contribution in [0.4, 0.5) is 0 Å². The first-order chi connectivity index (χ1) is 6.74. The number of carbonyl (C=O) groups is 1. The van der Waals surface area contributed by atoms with Crippen molar-refractivity contribution in [3.63, 3.8) is 0 Å². The van der Waals surface area contributed by atoms with E-state index < -0.39 is 0 Å². The molecule has 0 radical (unpaired) electrons. The summed E-state index contributed by atoms with van der Waals surface area (Å²) < 4.78 is 4.74. The number of hydrogen-bond donors (Lipinski definition) is 1. The highest BCUT2D eigenvalue weighted by molar-refractivity contribution is 6.05. The quantitative estimate of drug-likeness (QED) is 0.699. The second-order valence-corrected chi connectivity index (χ2v) is 3.19. The Morgan fingerprint density at radius 1 is 1.36 bits per heavy atom. The molecule has 2 aromatic rings. The summed E-state index contributed by atoms with van der Waals surface area (Å²) in [6.45, 7) is 1.90. The number of methoxy groups -OCH3 is 1. The number of carbonyl (C=O) groups excluding carboxylic acids is 1. The molecule has 3 nitrogen and oxygen atoms in total. The van der Waals surface area contributed by atoms with Gasteiger partial charge in [0.05, 0.1) is 12.7 Å². The third-order valence-corrected chi connectivity index (χ3v) is 2.33. The van der Waals surface area contributed by atoms with E-state index >= 15 is 0 Å². The van der Waals surface area contributed by atoms with Crippen molar-refractivity contribution >= 4 is 16.9 Å². The Morgan fingerprint density at radius 3 is 2.86 bits per heavy atom. The van der Waals surface area contributed by atoms with Crippen LogP contribution in [-0.2, 0) is 4.74 Å². The largest absolute Gasteiger partial charge is 0.465 e. The summed E-state index contributed by atoms with van der Waals surface area (Å²) in [5.74, 6) is -0.285. The molecule has 0 aliphatic carbocycles. The van der Waals surface area contributed by atoms with Crippen molar-refractivity contribution in [2.45, 2.75) is 6.92 Å². The molecule has 0 saturated carbocycles. The van der Waals surface area contributed by atoms with Crippen LogP contribution >= 0.6 is 0 Å². The third-order valence-electron chi connectivity index (χ3n) is 2.33. The second kappa shape index (κ2) is 3.18. The van der Waals surface area contributed by atoms with Gasteiger partial charge in [0.2, 0.25) is 0 Å². The van der Waals surface area contributed by atoms with Gasteiger partial charge in [-0.15, -0.1) is 0 Å². The molecule has 0 atom stereocenters. The number of nitrogens with one attached hydrogen (secondary N) is 1. The molecule has 0 aliphatic heterocycles. The van der Waals surface area contributed by atoms with Crippen molar-refractivity contribution < 1.29 is 9.53 Å². The van der Waals surface area contributed by atoms with Gasteiger partial charge in [0.15, 0.2) is 0 Å². The predicted molar refractivity (Wildman–Crippen MR) is 54.4 cm³/mol. The average molecular weight is 189 g/mol. The lowest BCUT2D eigenvalue weighted by atomic mass is 10.0. The van der Waals surface area contributed by atoms with Gasteiger partial charge >= 0.3 is 5.97 Å². The van der Waals surface area contributed by atoms with Crippen LogP contribution in [0.25, 0.3) is 10.9 Å². The minimum atomic E-state index is -0.285. The van der Waals surface area contributed by atoms with E-state index in [2.05, 4.69) is 4.98 Å². The van der Waals surface area contributed by atoms with Crippen LogP contribution in [0.15, 0.2) is 24.4 Å². The first kappa shape index (κ1) is 8.81. The lowest BCUT2D eigenvalue weighted by Crippen LogP contribution is -2.04. The minimum Gasteiger partial charge on any atom is -0.465 e. The number of rotatable bonds is 1. The standard InChI is InChI=1S/C11H11NO2/c1-7-3-4-9-8(5-6-12-9)10(7)11(13)14-2/h3-6,12H,1-2H3. The fraction of sp³-hybridized carbons (Fsp3) is 0.182. The number of hydrogen-bond acceptors (Lipinski definition) is 2. The van der Waals surface area contributed by atoms with Crippen molar-refractivity contribution in [3.05, 3.63) is 35.5 Å².